The number of unbranched alkanes of at least 4 members (excludes halogenated alkanes) is 1. The van der Waals surface area contributed by atoms with Gasteiger partial charge in [-0.1, -0.05) is 16.8 Å². The number of ether oxygens (including phenoxy) is 1. The molecule has 1 heterocycles. The second-order valence-corrected chi connectivity index (χ2v) is 4.30. The summed E-state index contributed by atoms with van der Waals surface area (Å²) in [6.07, 6.45) is 1.77. The number of rotatable bonds is 5. The Hall–Kier alpha value is -2.06. The van der Waals surface area contributed by atoms with Crippen LogP contribution in [0, 0.1) is 11.3 Å². The van der Waals surface area contributed by atoms with Crippen LogP contribution in [0.2, 0.25) is 5.02 Å². The van der Waals surface area contributed by atoms with Gasteiger partial charge in [-0.25, -0.2) is 0 Å². The Morgan fingerprint density at radius 2 is 2.32 bits per heavy atom. The number of nitriles is 1. The van der Waals surface area contributed by atoms with E-state index in [2.05, 4.69) is 16.2 Å². The van der Waals surface area contributed by atoms with Crippen LogP contribution in [0.15, 0.2) is 22.7 Å². The standard InChI is InChI=1S/C13H12ClN3O2/c1-18-11-8-9(14)5-6-10(11)13-16-12(19-17-13)4-2-3-7-15/h5-6,8H,2-4H2,1H3. The molecule has 0 bridgehead atoms. The van der Waals surface area contributed by atoms with Gasteiger partial charge in [0.15, 0.2) is 0 Å². The minimum Gasteiger partial charge on any atom is -0.496 e. The average molecular weight is 278 g/mol. The van der Waals surface area contributed by atoms with E-state index in [-0.39, 0.29) is 0 Å². The summed E-state index contributed by atoms with van der Waals surface area (Å²) >= 11 is 5.90. The van der Waals surface area contributed by atoms with Crippen LogP contribution in [0.4, 0.5) is 0 Å². The molecular weight excluding hydrogens is 266 g/mol. The fraction of sp³-hybridized carbons (Fsp3) is 0.308. The van der Waals surface area contributed by atoms with Crippen LogP contribution in [0.1, 0.15) is 18.7 Å². The van der Waals surface area contributed by atoms with Gasteiger partial charge in [0.25, 0.3) is 0 Å². The van der Waals surface area contributed by atoms with Crippen LogP contribution in [-0.4, -0.2) is 17.3 Å². The number of aryl methyl sites for hydroxylation is 1. The van der Waals surface area contributed by atoms with Gasteiger partial charge < -0.3 is 9.26 Å². The second kappa shape index (κ2) is 6.21. The highest BCUT2D eigenvalue weighted by atomic mass is 35.5. The lowest BCUT2D eigenvalue weighted by molar-refractivity contribution is 0.376. The lowest BCUT2D eigenvalue weighted by Gasteiger charge is -2.04. The molecule has 0 saturated carbocycles. The molecule has 2 aromatic rings. The monoisotopic (exact) mass is 277 g/mol. The second-order valence-electron chi connectivity index (χ2n) is 3.87. The number of aromatic nitrogens is 2. The van der Waals surface area contributed by atoms with Crippen molar-refractivity contribution in [2.75, 3.05) is 7.11 Å². The van der Waals surface area contributed by atoms with Gasteiger partial charge in [-0.05, 0) is 24.6 Å². The highest BCUT2D eigenvalue weighted by molar-refractivity contribution is 6.30. The van der Waals surface area contributed by atoms with E-state index in [1.165, 1.54) is 0 Å². The quantitative estimate of drug-likeness (QED) is 0.785. The van der Waals surface area contributed by atoms with Gasteiger partial charge in [0.1, 0.15) is 5.75 Å². The first-order valence-corrected chi connectivity index (χ1v) is 6.16. The van der Waals surface area contributed by atoms with E-state index in [0.29, 0.717) is 41.7 Å². The van der Waals surface area contributed by atoms with E-state index in [0.717, 1.165) is 5.56 Å². The highest BCUT2D eigenvalue weighted by Gasteiger charge is 2.13. The maximum Gasteiger partial charge on any atom is 0.226 e. The number of hydrogen-bond donors (Lipinski definition) is 0. The van der Waals surface area contributed by atoms with Crippen molar-refractivity contribution in [1.82, 2.24) is 10.1 Å². The Balaban J connectivity index is 2.21. The Morgan fingerprint density at radius 3 is 3.05 bits per heavy atom. The van der Waals surface area contributed by atoms with E-state index in [1.807, 2.05) is 0 Å². The molecule has 19 heavy (non-hydrogen) atoms. The summed E-state index contributed by atoms with van der Waals surface area (Å²) in [5, 5.41) is 13.0. The number of benzene rings is 1. The van der Waals surface area contributed by atoms with Crippen LogP contribution in [-0.2, 0) is 6.42 Å². The fourth-order valence-electron chi connectivity index (χ4n) is 1.63. The molecule has 5 nitrogen and oxygen atoms in total. The predicted molar refractivity (Wildman–Crippen MR) is 69.8 cm³/mol. The summed E-state index contributed by atoms with van der Waals surface area (Å²) in [6.45, 7) is 0. The number of methoxy groups -OCH3 is 1. The molecule has 0 N–H and O–H groups in total. The van der Waals surface area contributed by atoms with E-state index in [9.17, 15) is 0 Å². The molecule has 1 aromatic carbocycles. The van der Waals surface area contributed by atoms with Crippen molar-refractivity contribution < 1.29 is 9.26 Å². The van der Waals surface area contributed by atoms with E-state index in [1.54, 1.807) is 25.3 Å². The normalized spacial score (nSPS) is 10.2. The van der Waals surface area contributed by atoms with Crippen LogP contribution in [0.5, 0.6) is 5.75 Å². The third kappa shape index (κ3) is 3.24. The van der Waals surface area contributed by atoms with Crippen LogP contribution in [0.3, 0.4) is 0 Å². The molecule has 98 valence electrons. The molecule has 0 unspecified atom stereocenters. The summed E-state index contributed by atoms with van der Waals surface area (Å²) in [5.41, 5.74) is 0.724. The smallest absolute Gasteiger partial charge is 0.226 e. The van der Waals surface area contributed by atoms with Gasteiger partial charge in [-0.15, -0.1) is 0 Å². The van der Waals surface area contributed by atoms with Crippen molar-refractivity contribution in [3.63, 3.8) is 0 Å². The minimum absolute atomic E-state index is 0.459. The average Bonchev–Trinajstić information content (AvgIpc) is 2.87. The van der Waals surface area contributed by atoms with Crippen molar-refractivity contribution in [2.24, 2.45) is 0 Å². The van der Waals surface area contributed by atoms with E-state index < -0.39 is 0 Å². The van der Waals surface area contributed by atoms with Gasteiger partial charge in [0.05, 0.1) is 18.7 Å². The van der Waals surface area contributed by atoms with Crippen LogP contribution >= 0.6 is 11.6 Å². The van der Waals surface area contributed by atoms with Crippen LogP contribution in [0.25, 0.3) is 11.4 Å². The molecule has 0 radical (unpaired) electrons. The molecule has 0 atom stereocenters. The number of hydrogen-bond acceptors (Lipinski definition) is 5. The SMILES string of the molecule is COc1cc(Cl)ccc1-c1noc(CCCC#N)n1. The predicted octanol–water partition coefficient (Wildman–Crippen LogP) is 3.24. The van der Waals surface area contributed by atoms with Crippen LogP contribution < -0.4 is 4.74 Å². The molecule has 0 aliphatic heterocycles. The van der Waals surface area contributed by atoms with Crippen molar-refractivity contribution >= 4 is 11.6 Å². The molecule has 6 heteroatoms. The Kier molecular flexibility index (Phi) is 4.37. The molecule has 0 spiro atoms. The Bertz CT molecular complexity index is 604. The lowest BCUT2D eigenvalue weighted by atomic mass is 10.2. The summed E-state index contributed by atoms with van der Waals surface area (Å²) in [6, 6.07) is 7.30. The zero-order valence-electron chi connectivity index (χ0n) is 10.4. The maximum atomic E-state index is 8.48. The lowest BCUT2D eigenvalue weighted by Crippen LogP contribution is -1.90. The van der Waals surface area contributed by atoms with Gasteiger partial charge in [-0.3, -0.25) is 0 Å². The molecule has 0 aliphatic carbocycles. The highest BCUT2D eigenvalue weighted by Crippen LogP contribution is 2.30. The summed E-state index contributed by atoms with van der Waals surface area (Å²) in [5.74, 6) is 1.57. The molecular formula is C13H12ClN3O2. The van der Waals surface area contributed by atoms with Gasteiger partial charge in [0.2, 0.25) is 11.7 Å². The molecule has 1 aromatic heterocycles. The topological polar surface area (TPSA) is 71.9 Å². The molecule has 0 aliphatic rings. The summed E-state index contributed by atoms with van der Waals surface area (Å²) in [7, 11) is 1.56. The fourth-order valence-corrected chi connectivity index (χ4v) is 1.80. The van der Waals surface area contributed by atoms with Crippen molar-refractivity contribution in [3.8, 4) is 23.2 Å². The first-order valence-electron chi connectivity index (χ1n) is 5.78. The largest absolute Gasteiger partial charge is 0.496 e. The molecule has 0 saturated heterocycles. The Morgan fingerprint density at radius 1 is 1.47 bits per heavy atom. The van der Waals surface area contributed by atoms with Gasteiger partial charge >= 0.3 is 0 Å². The van der Waals surface area contributed by atoms with Crippen molar-refractivity contribution in [2.45, 2.75) is 19.3 Å². The molecule has 2 rings (SSSR count). The van der Waals surface area contributed by atoms with Gasteiger partial charge in [-0.2, -0.15) is 10.2 Å². The zero-order valence-corrected chi connectivity index (χ0v) is 11.1. The summed E-state index contributed by atoms with van der Waals surface area (Å²) in [4.78, 5) is 4.28. The summed E-state index contributed by atoms with van der Waals surface area (Å²) < 4.78 is 10.4. The minimum atomic E-state index is 0.459. The van der Waals surface area contributed by atoms with Gasteiger partial charge in [0, 0.05) is 17.9 Å². The van der Waals surface area contributed by atoms with Crippen molar-refractivity contribution in [1.29, 1.82) is 5.26 Å². The molecule has 0 amide bonds. The zero-order chi connectivity index (χ0) is 13.7. The first kappa shape index (κ1) is 13.4. The third-order valence-electron chi connectivity index (χ3n) is 2.55. The number of nitrogens with zero attached hydrogens (tertiary/aromatic N) is 3. The Labute approximate surface area is 115 Å². The maximum absolute atomic E-state index is 8.48. The molecule has 0 fully saturated rings. The van der Waals surface area contributed by atoms with Crippen molar-refractivity contribution in [3.05, 3.63) is 29.1 Å². The van der Waals surface area contributed by atoms with E-state index in [4.69, 9.17) is 26.1 Å². The third-order valence-corrected chi connectivity index (χ3v) is 2.79. The van der Waals surface area contributed by atoms with E-state index >= 15 is 0 Å². The first-order chi connectivity index (χ1) is 9.24. The number of halogens is 1.